The predicted octanol–water partition coefficient (Wildman–Crippen LogP) is 6.12. The topological polar surface area (TPSA) is 104 Å². The standard InChI is InChI=1S/C39H42O8/c1-2-23-39(36(40)38(41)42)37(46-27-32-21-13-6-14-22-32)35(45-26-31-19-11-5-12-20-31)34(44-25-30-17-9-4-10-18-30)33(47-39)28-43-24-29-15-7-3-8-16-29/h2-22,33-37,40H,1,23-28H2,(H,41,42)/t33-,34-,35+,36-,37-,39+/m1/s1. The van der Waals surface area contributed by atoms with Gasteiger partial charge in [0, 0.05) is 0 Å². The maximum absolute atomic E-state index is 12.6. The maximum Gasteiger partial charge on any atom is 0.335 e. The molecule has 1 fully saturated rings. The lowest BCUT2D eigenvalue weighted by Gasteiger charge is -2.53. The fourth-order valence-corrected chi connectivity index (χ4v) is 5.92. The van der Waals surface area contributed by atoms with E-state index in [9.17, 15) is 15.0 Å². The normalized spacial score (nSPS) is 23.2. The summed E-state index contributed by atoms with van der Waals surface area (Å²) < 4.78 is 32.7. The first-order chi connectivity index (χ1) is 23.0. The van der Waals surface area contributed by atoms with Gasteiger partial charge in [0.15, 0.2) is 6.10 Å². The molecule has 0 aromatic heterocycles. The van der Waals surface area contributed by atoms with Crippen molar-refractivity contribution in [3.8, 4) is 0 Å². The molecule has 0 aliphatic carbocycles. The van der Waals surface area contributed by atoms with Crippen molar-refractivity contribution in [3.63, 3.8) is 0 Å². The first-order valence-electron chi connectivity index (χ1n) is 15.8. The van der Waals surface area contributed by atoms with Crippen molar-refractivity contribution in [1.29, 1.82) is 0 Å². The summed E-state index contributed by atoms with van der Waals surface area (Å²) in [5.74, 6) is -1.45. The zero-order chi connectivity index (χ0) is 32.9. The number of benzene rings is 4. The Morgan fingerprint density at radius 3 is 1.57 bits per heavy atom. The number of carboxylic acid groups (broad SMARTS) is 1. The lowest BCUT2D eigenvalue weighted by Crippen LogP contribution is -2.71. The van der Waals surface area contributed by atoms with E-state index in [-0.39, 0.29) is 32.8 Å². The van der Waals surface area contributed by atoms with Gasteiger partial charge in [-0.25, -0.2) is 4.79 Å². The first kappa shape index (κ1) is 34.2. The lowest BCUT2D eigenvalue weighted by molar-refractivity contribution is -0.324. The van der Waals surface area contributed by atoms with E-state index in [1.54, 1.807) is 0 Å². The molecule has 1 saturated heterocycles. The Balaban J connectivity index is 1.54. The Morgan fingerprint density at radius 2 is 1.13 bits per heavy atom. The molecule has 8 nitrogen and oxygen atoms in total. The Morgan fingerprint density at radius 1 is 0.702 bits per heavy atom. The molecule has 0 bridgehead atoms. The molecular formula is C39H42O8. The van der Waals surface area contributed by atoms with Crippen LogP contribution in [0, 0.1) is 0 Å². The van der Waals surface area contributed by atoms with E-state index in [1.807, 2.05) is 121 Å². The first-order valence-corrected chi connectivity index (χ1v) is 15.8. The van der Waals surface area contributed by atoms with Crippen LogP contribution >= 0.6 is 0 Å². The van der Waals surface area contributed by atoms with Crippen LogP contribution in [-0.2, 0) is 54.9 Å². The molecular weight excluding hydrogens is 596 g/mol. The van der Waals surface area contributed by atoms with E-state index in [1.165, 1.54) is 6.08 Å². The number of carbonyl (C=O) groups is 1. The fourth-order valence-electron chi connectivity index (χ4n) is 5.92. The summed E-state index contributed by atoms with van der Waals surface area (Å²) in [5.41, 5.74) is 1.90. The zero-order valence-electron chi connectivity index (χ0n) is 26.3. The summed E-state index contributed by atoms with van der Waals surface area (Å²) in [4.78, 5) is 12.6. The van der Waals surface area contributed by atoms with Gasteiger partial charge in [-0.3, -0.25) is 0 Å². The average molecular weight is 639 g/mol. The lowest BCUT2D eigenvalue weighted by atomic mass is 9.78. The Kier molecular flexibility index (Phi) is 12.5. The van der Waals surface area contributed by atoms with Crippen LogP contribution in [0.3, 0.4) is 0 Å². The van der Waals surface area contributed by atoms with Gasteiger partial charge >= 0.3 is 5.97 Å². The SMILES string of the molecule is C=CC[C@@]1([C@H](O)C(=O)O)O[C@H](COCc2ccccc2)[C@@H](OCc2ccccc2)[C@H](OCc2ccccc2)[C@H]1OCc1ccccc1. The highest BCUT2D eigenvalue weighted by molar-refractivity contribution is 5.74. The molecule has 47 heavy (non-hydrogen) atoms. The minimum Gasteiger partial charge on any atom is -0.479 e. The summed E-state index contributed by atoms with van der Waals surface area (Å²) >= 11 is 0. The third kappa shape index (κ3) is 9.02. The van der Waals surface area contributed by atoms with Gasteiger partial charge in [0.05, 0.1) is 33.0 Å². The maximum atomic E-state index is 12.6. The molecule has 8 heteroatoms. The third-order valence-corrected chi connectivity index (χ3v) is 8.24. The number of aliphatic carboxylic acids is 1. The number of aliphatic hydroxyl groups is 1. The summed E-state index contributed by atoms with van der Waals surface area (Å²) in [6.07, 6.45) is -4.05. The number of aliphatic hydroxyl groups excluding tert-OH is 1. The van der Waals surface area contributed by atoms with Crippen molar-refractivity contribution in [2.75, 3.05) is 6.61 Å². The van der Waals surface area contributed by atoms with E-state index in [4.69, 9.17) is 23.7 Å². The van der Waals surface area contributed by atoms with Gasteiger partial charge < -0.3 is 33.9 Å². The van der Waals surface area contributed by atoms with E-state index in [0.717, 1.165) is 22.3 Å². The Labute approximate surface area is 276 Å². The van der Waals surface area contributed by atoms with Gasteiger partial charge in [-0.1, -0.05) is 127 Å². The average Bonchev–Trinajstić information content (AvgIpc) is 3.11. The minimum absolute atomic E-state index is 0.0360. The number of carboxylic acids is 1. The smallest absolute Gasteiger partial charge is 0.335 e. The number of rotatable bonds is 17. The highest BCUT2D eigenvalue weighted by Gasteiger charge is 2.61. The van der Waals surface area contributed by atoms with Crippen LogP contribution in [0.5, 0.6) is 0 Å². The van der Waals surface area contributed by atoms with Gasteiger partial charge in [0.2, 0.25) is 0 Å². The zero-order valence-corrected chi connectivity index (χ0v) is 26.3. The Bertz CT molecular complexity index is 1500. The molecule has 0 spiro atoms. The number of hydrogen-bond acceptors (Lipinski definition) is 7. The molecule has 1 aliphatic rings. The van der Waals surface area contributed by atoms with Gasteiger partial charge in [-0.05, 0) is 28.7 Å². The Hall–Kier alpha value is -4.15. The second-order valence-corrected chi connectivity index (χ2v) is 11.6. The van der Waals surface area contributed by atoms with Gasteiger partial charge in [0.1, 0.15) is 30.0 Å². The molecule has 2 N–H and O–H groups in total. The van der Waals surface area contributed by atoms with Crippen LogP contribution in [0.1, 0.15) is 28.7 Å². The van der Waals surface area contributed by atoms with Crippen molar-refractivity contribution in [1.82, 2.24) is 0 Å². The van der Waals surface area contributed by atoms with E-state index in [2.05, 4.69) is 6.58 Å². The molecule has 0 radical (unpaired) electrons. The predicted molar refractivity (Wildman–Crippen MR) is 177 cm³/mol. The molecule has 0 unspecified atom stereocenters. The summed E-state index contributed by atoms with van der Waals surface area (Å²) in [7, 11) is 0. The number of ether oxygens (including phenoxy) is 5. The molecule has 0 saturated carbocycles. The van der Waals surface area contributed by atoms with Crippen molar-refractivity contribution in [3.05, 3.63) is 156 Å². The molecule has 1 heterocycles. The quantitative estimate of drug-likeness (QED) is 0.133. The molecule has 246 valence electrons. The second kappa shape index (κ2) is 17.1. The summed E-state index contributed by atoms with van der Waals surface area (Å²) in [6.45, 7) is 4.76. The summed E-state index contributed by atoms with van der Waals surface area (Å²) in [5, 5.41) is 21.7. The van der Waals surface area contributed by atoms with Crippen LogP contribution in [0.2, 0.25) is 0 Å². The van der Waals surface area contributed by atoms with Crippen LogP contribution in [-0.4, -0.2) is 58.9 Å². The van der Waals surface area contributed by atoms with Crippen molar-refractivity contribution in [2.45, 2.75) is 69.0 Å². The molecule has 1 aliphatic heterocycles. The highest BCUT2D eigenvalue weighted by Crippen LogP contribution is 2.41. The largest absolute Gasteiger partial charge is 0.479 e. The molecule has 5 rings (SSSR count). The van der Waals surface area contributed by atoms with Gasteiger partial charge in [-0.15, -0.1) is 6.58 Å². The van der Waals surface area contributed by atoms with Gasteiger partial charge in [0.25, 0.3) is 0 Å². The van der Waals surface area contributed by atoms with Crippen LogP contribution < -0.4 is 0 Å². The minimum atomic E-state index is -1.98. The third-order valence-electron chi connectivity index (χ3n) is 8.24. The van der Waals surface area contributed by atoms with Crippen LogP contribution in [0.25, 0.3) is 0 Å². The summed E-state index contributed by atoms with van der Waals surface area (Å²) in [6, 6.07) is 38.6. The van der Waals surface area contributed by atoms with E-state index in [0.29, 0.717) is 6.61 Å². The van der Waals surface area contributed by atoms with E-state index < -0.39 is 42.1 Å². The fraction of sp³-hybridized carbons (Fsp3) is 0.308. The van der Waals surface area contributed by atoms with Crippen molar-refractivity contribution in [2.24, 2.45) is 0 Å². The monoisotopic (exact) mass is 638 g/mol. The van der Waals surface area contributed by atoms with Crippen LogP contribution in [0.15, 0.2) is 134 Å². The van der Waals surface area contributed by atoms with Crippen molar-refractivity contribution < 1.29 is 38.7 Å². The van der Waals surface area contributed by atoms with Crippen LogP contribution in [0.4, 0.5) is 0 Å². The number of hydrogen-bond donors (Lipinski definition) is 2. The second-order valence-electron chi connectivity index (χ2n) is 11.6. The highest BCUT2D eigenvalue weighted by atomic mass is 16.6. The molecule has 0 amide bonds. The van der Waals surface area contributed by atoms with E-state index >= 15 is 0 Å². The van der Waals surface area contributed by atoms with Gasteiger partial charge in [-0.2, -0.15) is 0 Å². The molecule has 6 atom stereocenters. The molecule has 4 aromatic rings. The van der Waals surface area contributed by atoms with Crippen molar-refractivity contribution >= 4 is 5.97 Å². The molecule has 4 aromatic carbocycles.